The number of para-hydroxylation sites is 1. The number of aryl methyl sites for hydroxylation is 1. The van der Waals surface area contributed by atoms with Crippen LogP contribution in [0.15, 0.2) is 54.7 Å². The molecule has 0 unspecified atom stereocenters. The Labute approximate surface area is 165 Å². The first-order chi connectivity index (χ1) is 13.5. The fourth-order valence-electron chi connectivity index (χ4n) is 3.61. The van der Waals surface area contributed by atoms with Crippen molar-refractivity contribution in [1.82, 2.24) is 0 Å². The molecule has 2 aromatic carbocycles. The number of nitroso groups, excluding NO2 is 1. The van der Waals surface area contributed by atoms with Crippen LogP contribution in [0.1, 0.15) is 36.8 Å². The van der Waals surface area contributed by atoms with Crippen molar-refractivity contribution in [2.24, 2.45) is 11.8 Å². The first kappa shape index (κ1) is 20.1. The molecule has 1 aliphatic rings. The number of phenolic OH excluding ortho intramolecular Hbond substituents is 1. The minimum absolute atomic E-state index is 0.213. The molecule has 0 atom stereocenters. The highest BCUT2D eigenvalue weighted by Crippen LogP contribution is 2.30. The van der Waals surface area contributed by atoms with E-state index >= 15 is 0 Å². The van der Waals surface area contributed by atoms with Gasteiger partial charge in [0, 0.05) is 15.2 Å². The van der Waals surface area contributed by atoms with E-state index in [0.717, 1.165) is 41.6 Å². The van der Waals surface area contributed by atoms with Gasteiger partial charge in [0.05, 0.1) is 6.61 Å². The molecule has 0 amide bonds. The van der Waals surface area contributed by atoms with Crippen LogP contribution in [0.4, 0.5) is 4.39 Å². The molecule has 1 saturated carbocycles. The van der Waals surface area contributed by atoms with Crippen LogP contribution in [0, 0.1) is 29.5 Å². The third-order valence-electron chi connectivity index (χ3n) is 5.38. The van der Waals surface area contributed by atoms with Crippen LogP contribution < -0.4 is 4.74 Å². The van der Waals surface area contributed by atoms with Crippen molar-refractivity contribution < 1.29 is 19.0 Å². The SMILES string of the molecule is Cc1cc(O)ccc1C[N+](=O)C=CC1CCC(COc2ccccc2F)CC1. The van der Waals surface area contributed by atoms with Crippen molar-refractivity contribution in [2.45, 2.75) is 39.2 Å². The summed E-state index contributed by atoms with van der Waals surface area (Å²) in [6.07, 6.45) is 7.66. The van der Waals surface area contributed by atoms with E-state index < -0.39 is 0 Å². The van der Waals surface area contributed by atoms with Gasteiger partial charge in [0.15, 0.2) is 11.6 Å². The van der Waals surface area contributed by atoms with E-state index in [1.165, 1.54) is 6.07 Å². The Morgan fingerprint density at radius 3 is 2.64 bits per heavy atom. The number of hydrogen-bond acceptors (Lipinski definition) is 3. The maximum atomic E-state index is 13.6. The van der Waals surface area contributed by atoms with Gasteiger partial charge in [0.1, 0.15) is 5.75 Å². The van der Waals surface area contributed by atoms with Crippen molar-refractivity contribution in [1.29, 1.82) is 0 Å². The molecule has 1 aliphatic carbocycles. The van der Waals surface area contributed by atoms with Crippen LogP contribution in [0.25, 0.3) is 0 Å². The third kappa shape index (κ3) is 5.65. The van der Waals surface area contributed by atoms with Gasteiger partial charge in [-0.2, -0.15) is 0 Å². The highest BCUT2D eigenvalue weighted by Gasteiger charge is 2.21. The smallest absolute Gasteiger partial charge is 0.223 e. The highest BCUT2D eigenvalue weighted by atomic mass is 19.1. The second-order valence-corrected chi connectivity index (χ2v) is 7.55. The van der Waals surface area contributed by atoms with Gasteiger partial charge in [-0.15, -0.1) is 0 Å². The van der Waals surface area contributed by atoms with E-state index in [9.17, 15) is 14.4 Å². The van der Waals surface area contributed by atoms with Crippen molar-refractivity contribution in [2.75, 3.05) is 6.61 Å². The molecule has 1 N–H and O–H groups in total. The normalized spacial score (nSPS) is 19.6. The molecule has 3 rings (SSSR count). The minimum Gasteiger partial charge on any atom is -0.508 e. The standard InChI is InChI=1S/C23H26FNO3/c1-17-14-21(26)11-10-20(17)15-25(27)13-12-18-6-8-19(9-7-18)16-28-23-5-3-2-4-22(23)24/h2-5,10-14,18-19H,6-9,15-16H2,1H3/p+1. The summed E-state index contributed by atoms with van der Waals surface area (Å²) in [7, 11) is 0. The summed E-state index contributed by atoms with van der Waals surface area (Å²) in [5, 5.41) is 9.45. The molecule has 148 valence electrons. The van der Waals surface area contributed by atoms with E-state index in [4.69, 9.17) is 4.74 Å². The summed E-state index contributed by atoms with van der Waals surface area (Å²) in [5.74, 6) is 1.02. The first-order valence-electron chi connectivity index (χ1n) is 9.79. The lowest BCUT2D eigenvalue weighted by molar-refractivity contribution is -0.496. The molecule has 0 heterocycles. The molecule has 4 nitrogen and oxygen atoms in total. The fourth-order valence-corrected chi connectivity index (χ4v) is 3.61. The molecular formula is C23H27FNO3+. The van der Waals surface area contributed by atoms with Gasteiger partial charge < -0.3 is 9.84 Å². The largest absolute Gasteiger partial charge is 0.508 e. The molecule has 0 saturated heterocycles. The van der Waals surface area contributed by atoms with Gasteiger partial charge in [-0.05, 0) is 86.4 Å². The molecule has 0 radical (unpaired) electrons. The Kier molecular flexibility index (Phi) is 6.80. The molecule has 0 spiro atoms. The van der Waals surface area contributed by atoms with Gasteiger partial charge >= 0.3 is 0 Å². The van der Waals surface area contributed by atoms with E-state index in [0.29, 0.717) is 24.2 Å². The Hall–Kier alpha value is -2.69. The second-order valence-electron chi connectivity index (χ2n) is 7.55. The monoisotopic (exact) mass is 384 g/mol. The molecule has 0 aliphatic heterocycles. The molecular weight excluding hydrogens is 357 g/mol. The Morgan fingerprint density at radius 2 is 1.93 bits per heavy atom. The van der Waals surface area contributed by atoms with Crippen molar-refractivity contribution >= 4 is 0 Å². The van der Waals surface area contributed by atoms with Gasteiger partial charge in [-0.25, -0.2) is 4.39 Å². The zero-order valence-corrected chi connectivity index (χ0v) is 16.2. The molecule has 0 bridgehead atoms. The summed E-state index contributed by atoms with van der Waals surface area (Å²) in [6.45, 7) is 2.69. The van der Waals surface area contributed by atoms with E-state index in [-0.39, 0.29) is 18.1 Å². The van der Waals surface area contributed by atoms with Crippen molar-refractivity contribution in [3.8, 4) is 11.5 Å². The lowest BCUT2D eigenvalue weighted by atomic mass is 9.82. The van der Waals surface area contributed by atoms with E-state index in [2.05, 4.69) is 0 Å². The quantitative estimate of drug-likeness (QED) is 0.640. The number of phenols is 1. The highest BCUT2D eigenvalue weighted by molar-refractivity contribution is 5.33. The molecule has 0 aromatic heterocycles. The summed E-state index contributed by atoms with van der Waals surface area (Å²) in [5.41, 5.74) is 1.82. The van der Waals surface area contributed by atoms with Gasteiger partial charge in [-0.1, -0.05) is 12.1 Å². The summed E-state index contributed by atoms with van der Waals surface area (Å²) in [4.78, 5) is 12.2. The summed E-state index contributed by atoms with van der Waals surface area (Å²) >= 11 is 0. The Morgan fingerprint density at radius 1 is 1.18 bits per heavy atom. The second kappa shape index (κ2) is 9.49. The number of nitrogens with zero attached hydrogens (tertiary/aromatic N) is 1. The number of ether oxygens (including phenoxy) is 1. The van der Waals surface area contributed by atoms with Crippen LogP contribution in [0.5, 0.6) is 11.5 Å². The molecule has 5 heteroatoms. The topological polar surface area (TPSA) is 49.5 Å². The van der Waals surface area contributed by atoms with Crippen molar-refractivity contribution in [3.05, 3.63) is 76.6 Å². The predicted octanol–water partition coefficient (Wildman–Crippen LogP) is 5.52. The van der Waals surface area contributed by atoms with Gasteiger partial charge in [0.25, 0.3) is 0 Å². The van der Waals surface area contributed by atoms with E-state index in [1.807, 2.05) is 13.0 Å². The van der Waals surface area contributed by atoms with Gasteiger partial charge in [-0.3, -0.25) is 0 Å². The van der Waals surface area contributed by atoms with Crippen LogP contribution in [-0.4, -0.2) is 16.5 Å². The minimum atomic E-state index is -0.321. The summed E-state index contributed by atoms with van der Waals surface area (Å²) < 4.78 is 20.2. The number of allylic oxidation sites excluding steroid dienone is 1. The first-order valence-corrected chi connectivity index (χ1v) is 9.79. The average molecular weight is 384 g/mol. The number of rotatable bonds is 7. The van der Waals surface area contributed by atoms with Crippen LogP contribution in [-0.2, 0) is 6.54 Å². The maximum Gasteiger partial charge on any atom is 0.223 e. The average Bonchev–Trinajstić information content (AvgIpc) is 2.69. The molecule has 1 fully saturated rings. The molecule has 2 aromatic rings. The lowest BCUT2D eigenvalue weighted by Gasteiger charge is -2.26. The third-order valence-corrected chi connectivity index (χ3v) is 5.38. The predicted molar refractivity (Wildman–Crippen MR) is 107 cm³/mol. The fraction of sp³-hybridized carbons (Fsp3) is 0.391. The maximum absolute atomic E-state index is 13.6. The Balaban J connectivity index is 1.42. The van der Waals surface area contributed by atoms with Crippen molar-refractivity contribution in [3.63, 3.8) is 0 Å². The number of hydrogen-bond donors (Lipinski definition) is 1. The number of aromatic hydroxyl groups is 1. The number of benzene rings is 2. The zero-order valence-electron chi connectivity index (χ0n) is 16.2. The lowest BCUT2D eigenvalue weighted by Crippen LogP contribution is -2.19. The van der Waals surface area contributed by atoms with Crippen LogP contribution in [0.3, 0.4) is 0 Å². The van der Waals surface area contributed by atoms with Crippen LogP contribution >= 0.6 is 0 Å². The number of halogens is 1. The van der Waals surface area contributed by atoms with Gasteiger partial charge in [0.2, 0.25) is 12.7 Å². The summed E-state index contributed by atoms with van der Waals surface area (Å²) in [6, 6.07) is 11.5. The Bertz CT molecular complexity index is 841. The van der Waals surface area contributed by atoms with Crippen LogP contribution in [0.2, 0.25) is 0 Å². The zero-order chi connectivity index (χ0) is 19.9. The van der Waals surface area contributed by atoms with E-state index in [1.54, 1.807) is 42.6 Å². The molecule has 28 heavy (non-hydrogen) atoms.